The van der Waals surface area contributed by atoms with Crippen LogP contribution in [-0.4, -0.2) is 35.6 Å². The maximum atomic E-state index is 4.54. The first-order valence-corrected chi connectivity index (χ1v) is 8.10. The first kappa shape index (κ1) is 14.9. The number of nitrogens with zero attached hydrogens (tertiary/aromatic N) is 2. The Hall–Kier alpha value is -0.450. The van der Waals surface area contributed by atoms with Gasteiger partial charge in [0.25, 0.3) is 0 Å². The van der Waals surface area contributed by atoms with Gasteiger partial charge in [-0.1, -0.05) is 6.92 Å². The number of thiazole rings is 1. The number of hydrogen-bond donors (Lipinski definition) is 1. The van der Waals surface area contributed by atoms with E-state index in [2.05, 4.69) is 56.9 Å². The lowest BCUT2D eigenvalue weighted by Crippen LogP contribution is -2.51. The Morgan fingerprint density at radius 2 is 2.05 bits per heavy atom. The van der Waals surface area contributed by atoms with Crippen LogP contribution in [-0.2, 0) is 0 Å². The van der Waals surface area contributed by atoms with E-state index in [0.29, 0.717) is 24.0 Å². The van der Waals surface area contributed by atoms with Crippen LogP contribution in [0.2, 0.25) is 0 Å². The molecule has 1 aromatic heterocycles. The van der Waals surface area contributed by atoms with E-state index in [0.717, 1.165) is 0 Å². The van der Waals surface area contributed by atoms with E-state index >= 15 is 0 Å². The minimum atomic E-state index is 0.411. The number of aromatic nitrogens is 1. The Kier molecular flexibility index (Phi) is 4.64. The van der Waals surface area contributed by atoms with Gasteiger partial charge in [0.15, 0.2) is 0 Å². The summed E-state index contributed by atoms with van der Waals surface area (Å²) in [5.74, 6) is 0.706. The van der Waals surface area contributed by atoms with Crippen LogP contribution in [0.1, 0.15) is 48.8 Å². The average Bonchev–Trinajstić information content (AvgIpc) is 2.65. The van der Waals surface area contributed by atoms with Crippen LogP contribution in [0.5, 0.6) is 0 Å². The lowest BCUT2D eigenvalue weighted by molar-refractivity contribution is 0.117. The summed E-state index contributed by atoms with van der Waals surface area (Å²) in [6.45, 7) is 12.4. The molecule has 4 unspecified atom stereocenters. The summed E-state index contributed by atoms with van der Waals surface area (Å²) in [5, 5.41) is 5.01. The minimum absolute atomic E-state index is 0.411. The third-order valence-corrected chi connectivity index (χ3v) is 5.66. The van der Waals surface area contributed by atoms with Crippen molar-refractivity contribution in [2.24, 2.45) is 5.92 Å². The normalized spacial score (nSPS) is 30.5. The predicted octanol–water partition coefficient (Wildman–Crippen LogP) is 3.14. The molecule has 3 nitrogen and oxygen atoms in total. The van der Waals surface area contributed by atoms with E-state index in [-0.39, 0.29) is 0 Å². The maximum Gasteiger partial charge on any atom is 0.0900 e. The Morgan fingerprint density at radius 3 is 2.63 bits per heavy atom. The van der Waals surface area contributed by atoms with Crippen LogP contribution in [0, 0.1) is 19.8 Å². The molecule has 0 radical (unpaired) electrons. The monoisotopic (exact) mass is 281 g/mol. The highest BCUT2D eigenvalue weighted by molar-refractivity contribution is 7.11. The van der Waals surface area contributed by atoms with Gasteiger partial charge in [-0.15, -0.1) is 11.3 Å². The van der Waals surface area contributed by atoms with Gasteiger partial charge in [0.05, 0.1) is 10.7 Å². The molecule has 2 rings (SSSR count). The second kappa shape index (κ2) is 5.90. The van der Waals surface area contributed by atoms with Crippen molar-refractivity contribution in [3.05, 3.63) is 15.6 Å². The quantitative estimate of drug-likeness (QED) is 0.922. The van der Waals surface area contributed by atoms with Gasteiger partial charge >= 0.3 is 0 Å². The van der Waals surface area contributed by atoms with Crippen LogP contribution in [0.15, 0.2) is 0 Å². The molecule has 1 N–H and O–H groups in total. The van der Waals surface area contributed by atoms with Crippen molar-refractivity contribution >= 4 is 11.3 Å². The van der Waals surface area contributed by atoms with Crippen molar-refractivity contribution in [3.8, 4) is 0 Å². The molecule has 1 aliphatic heterocycles. The third kappa shape index (κ3) is 3.36. The number of nitrogens with one attached hydrogen (secondary N) is 1. The number of aryl methyl sites for hydroxylation is 2. The molecule has 4 heteroatoms. The Bertz CT molecular complexity index is 429. The van der Waals surface area contributed by atoms with Crippen LogP contribution in [0.25, 0.3) is 0 Å². The van der Waals surface area contributed by atoms with E-state index in [9.17, 15) is 0 Å². The molecule has 0 aliphatic carbocycles. The number of rotatable bonds is 3. The van der Waals surface area contributed by atoms with Crippen molar-refractivity contribution < 1.29 is 0 Å². The summed E-state index contributed by atoms with van der Waals surface area (Å²) < 4.78 is 0. The molecule has 1 aliphatic rings. The molecule has 2 heterocycles. The maximum absolute atomic E-state index is 4.54. The fourth-order valence-electron chi connectivity index (χ4n) is 3.12. The third-order valence-electron chi connectivity index (χ3n) is 4.41. The summed E-state index contributed by atoms with van der Waals surface area (Å²) in [5.41, 5.74) is 1.19. The topological polar surface area (TPSA) is 28.2 Å². The summed E-state index contributed by atoms with van der Waals surface area (Å²) in [4.78, 5) is 8.41. The van der Waals surface area contributed by atoms with E-state index in [1.54, 1.807) is 0 Å². The summed E-state index contributed by atoms with van der Waals surface area (Å²) >= 11 is 1.83. The van der Waals surface area contributed by atoms with Gasteiger partial charge in [-0.2, -0.15) is 0 Å². The average molecular weight is 281 g/mol. The Morgan fingerprint density at radius 1 is 1.37 bits per heavy atom. The van der Waals surface area contributed by atoms with Crippen LogP contribution >= 0.6 is 11.3 Å². The van der Waals surface area contributed by atoms with Crippen molar-refractivity contribution in [1.29, 1.82) is 0 Å². The zero-order valence-electron chi connectivity index (χ0n) is 13.0. The van der Waals surface area contributed by atoms with Crippen molar-refractivity contribution in [2.45, 2.75) is 59.2 Å². The van der Waals surface area contributed by atoms with Crippen LogP contribution in [0.3, 0.4) is 0 Å². The van der Waals surface area contributed by atoms with Gasteiger partial charge in [-0.3, -0.25) is 0 Å². The summed E-state index contributed by atoms with van der Waals surface area (Å²) in [6.07, 6.45) is 1.23. The fourth-order valence-corrected chi connectivity index (χ4v) is 4.06. The van der Waals surface area contributed by atoms with Crippen LogP contribution in [0.4, 0.5) is 0 Å². The molecule has 1 aromatic rings. The Balaban J connectivity index is 2.02. The molecule has 0 spiro atoms. The lowest BCUT2D eigenvalue weighted by Gasteiger charge is -2.41. The molecule has 108 valence electrons. The van der Waals surface area contributed by atoms with Crippen molar-refractivity contribution in [3.63, 3.8) is 0 Å². The second-order valence-corrected chi connectivity index (χ2v) is 7.41. The Labute approximate surface area is 121 Å². The summed E-state index contributed by atoms with van der Waals surface area (Å²) in [7, 11) is 2.23. The van der Waals surface area contributed by atoms with E-state index in [4.69, 9.17) is 0 Å². The van der Waals surface area contributed by atoms with Crippen molar-refractivity contribution in [2.75, 3.05) is 13.6 Å². The van der Waals surface area contributed by atoms with Gasteiger partial charge in [0, 0.05) is 29.5 Å². The smallest absolute Gasteiger partial charge is 0.0900 e. The zero-order valence-corrected chi connectivity index (χ0v) is 13.8. The molecule has 4 atom stereocenters. The standard InChI is InChI=1S/C15H27N3S/c1-9-8-18(6)10(2)7-14(9)17-12(4)15-11(3)16-13(5)19-15/h9-10,12,14,17H,7-8H2,1-6H3. The van der Waals surface area contributed by atoms with Gasteiger partial charge in [-0.05, 0) is 47.1 Å². The van der Waals surface area contributed by atoms with E-state index < -0.39 is 0 Å². The lowest BCUT2D eigenvalue weighted by atomic mass is 9.89. The van der Waals surface area contributed by atoms with Gasteiger partial charge in [-0.25, -0.2) is 4.98 Å². The molecule has 0 amide bonds. The largest absolute Gasteiger partial charge is 0.306 e. The molecule has 19 heavy (non-hydrogen) atoms. The molecule has 1 fully saturated rings. The van der Waals surface area contributed by atoms with Crippen molar-refractivity contribution in [1.82, 2.24) is 15.2 Å². The first-order valence-electron chi connectivity index (χ1n) is 7.28. The van der Waals surface area contributed by atoms with E-state index in [1.165, 1.54) is 28.5 Å². The molecular formula is C15H27N3S. The van der Waals surface area contributed by atoms with Gasteiger partial charge < -0.3 is 10.2 Å². The minimum Gasteiger partial charge on any atom is -0.306 e. The first-order chi connectivity index (χ1) is 8.88. The highest BCUT2D eigenvalue weighted by atomic mass is 32.1. The van der Waals surface area contributed by atoms with Gasteiger partial charge in [0.1, 0.15) is 0 Å². The highest BCUT2D eigenvalue weighted by Gasteiger charge is 2.30. The number of piperidine rings is 1. The van der Waals surface area contributed by atoms with Crippen LogP contribution < -0.4 is 5.32 Å². The van der Waals surface area contributed by atoms with Gasteiger partial charge in [0.2, 0.25) is 0 Å². The number of likely N-dealkylation sites (tertiary alicyclic amines) is 1. The molecule has 0 saturated carbocycles. The molecule has 0 bridgehead atoms. The zero-order chi connectivity index (χ0) is 14.2. The fraction of sp³-hybridized carbons (Fsp3) is 0.800. The number of hydrogen-bond acceptors (Lipinski definition) is 4. The van der Waals surface area contributed by atoms with E-state index in [1.807, 2.05) is 11.3 Å². The molecule has 1 saturated heterocycles. The highest BCUT2D eigenvalue weighted by Crippen LogP contribution is 2.28. The molecule has 0 aromatic carbocycles. The second-order valence-electron chi connectivity index (χ2n) is 6.18. The SMILES string of the molecule is Cc1nc(C)c(C(C)NC2CC(C)N(C)CC2C)s1. The summed E-state index contributed by atoms with van der Waals surface area (Å²) in [6, 6.07) is 1.70. The molecular weight excluding hydrogens is 254 g/mol. The predicted molar refractivity (Wildman–Crippen MR) is 82.8 cm³/mol.